The van der Waals surface area contributed by atoms with E-state index in [4.69, 9.17) is 11.6 Å². The zero-order chi connectivity index (χ0) is 10.7. The molecule has 1 N–H and O–H groups in total. The van der Waals surface area contributed by atoms with E-state index in [2.05, 4.69) is 10.3 Å². The molecule has 0 aliphatic rings. The fraction of sp³-hybridized carbons (Fsp3) is 0.182. The van der Waals surface area contributed by atoms with Crippen LogP contribution in [0.4, 0.5) is 5.69 Å². The Morgan fingerprint density at radius 1 is 1.40 bits per heavy atom. The van der Waals surface area contributed by atoms with E-state index in [1.807, 2.05) is 31.2 Å². The highest BCUT2D eigenvalue weighted by Gasteiger charge is 2.00. The minimum absolute atomic E-state index is 0.796. The van der Waals surface area contributed by atoms with Gasteiger partial charge in [0, 0.05) is 17.6 Å². The number of nitrogens with zero attached hydrogens (tertiary/aromatic N) is 1. The summed E-state index contributed by atoms with van der Waals surface area (Å²) in [7, 11) is 0. The number of anilines is 1. The van der Waals surface area contributed by atoms with Gasteiger partial charge >= 0.3 is 0 Å². The summed E-state index contributed by atoms with van der Waals surface area (Å²) in [5, 5.41) is 3.33. The monoisotopic (exact) mass is 238 g/mol. The molecule has 0 amide bonds. The molecule has 2 heterocycles. The Morgan fingerprint density at radius 2 is 2.27 bits per heavy atom. The Hall–Kier alpha value is -1.06. The highest BCUT2D eigenvalue weighted by atomic mass is 35.5. The summed E-state index contributed by atoms with van der Waals surface area (Å²) in [5.74, 6) is 0. The second kappa shape index (κ2) is 4.64. The van der Waals surface area contributed by atoms with Crippen LogP contribution in [0, 0.1) is 6.92 Å². The van der Waals surface area contributed by atoms with E-state index in [1.54, 1.807) is 17.5 Å². The molecule has 15 heavy (non-hydrogen) atoms. The van der Waals surface area contributed by atoms with Gasteiger partial charge < -0.3 is 5.32 Å². The number of rotatable bonds is 3. The van der Waals surface area contributed by atoms with Crippen molar-refractivity contribution in [2.45, 2.75) is 13.5 Å². The molecule has 78 valence electrons. The first-order valence-corrected chi connectivity index (χ1v) is 5.85. The molecule has 2 nitrogen and oxygen atoms in total. The molecule has 0 saturated heterocycles. The molecule has 0 aliphatic carbocycles. The van der Waals surface area contributed by atoms with E-state index in [0.29, 0.717) is 0 Å². The maximum atomic E-state index is 5.85. The van der Waals surface area contributed by atoms with Gasteiger partial charge in [0.1, 0.15) is 0 Å². The van der Waals surface area contributed by atoms with E-state index in [0.717, 1.165) is 22.3 Å². The Morgan fingerprint density at radius 3 is 2.93 bits per heavy atom. The van der Waals surface area contributed by atoms with Crippen molar-refractivity contribution >= 4 is 28.6 Å². The van der Waals surface area contributed by atoms with Gasteiger partial charge in [-0.2, -0.15) is 0 Å². The number of hydrogen-bond donors (Lipinski definition) is 1. The standard InChI is InChI=1S/C11H11ClN2S/c1-8-10(3-2-6-13-8)14-7-9-4-5-11(12)15-9/h2-6,14H,7H2,1H3. The SMILES string of the molecule is Cc1ncccc1NCc1ccc(Cl)s1. The van der Waals surface area contributed by atoms with Gasteiger partial charge in [0.25, 0.3) is 0 Å². The largest absolute Gasteiger partial charge is 0.379 e. The maximum absolute atomic E-state index is 5.85. The van der Waals surface area contributed by atoms with Crippen molar-refractivity contribution in [3.8, 4) is 0 Å². The van der Waals surface area contributed by atoms with Crippen molar-refractivity contribution in [2.75, 3.05) is 5.32 Å². The first kappa shape index (κ1) is 10.5. The van der Waals surface area contributed by atoms with Gasteiger partial charge in [-0.3, -0.25) is 4.98 Å². The van der Waals surface area contributed by atoms with Crippen molar-refractivity contribution < 1.29 is 0 Å². The van der Waals surface area contributed by atoms with Crippen LogP contribution >= 0.6 is 22.9 Å². The van der Waals surface area contributed by atoms with Gasteiger partial charge in [-0.05, 0) is 31.2 Å². The molecule has 0 aromatic carbocycles. The van der Waals surface area contributed by atoms with Gasteiger partial charge in [-0.15, -0.1) is 11.3 Å². The molecule has 0 atom stereocenters. The number of halogens is 1. The lowest BCUT2D eigenvalue weighted by molar-refractivity contribution is 1.13. The van der Waals surface area contributed by atoms with Crippen molar-refractivity contribution in [1.29, 1.82) is 0 Å². The van der Waals surface area contributed by atoms with Crippen LogP contribution < -0.4 is 5.32 Å². The molecule has 0 radical (unpaired) electrons. The molecule has 0 unspecified atom stereocenters. The molecule has 2 aromatic rings. The second-order valence-electron chi connectivity index (χ2n) is 3.20. The van der Waals surface area contributed by atoms with Crippen molar-refractivity contribution in [2.24, 2.45) is 0 Å². The van der Waals surface area contributed by atoms with Gasteiger partial charge in [0.2, 0.25) is 0 Å². The smallest absolute Gasteiger partial charge is 0.0931 e. The summed E-state index contributed by atoms with van der Waals surface area (Å²) < 4.78 is 0.828. The first-order chi connectivity index (χ1) is 7.25. The summed E-state index contributed by atoms with van der Waals surface area (Å²) >= 11 is 7.45. The normalized spacial score (nSPS) is 10.3. The molecule has 0 spiro atoms. The van der Waals surface area contributed by atoms with Gasteiger partial charge in [0.05, 0.1) is 15.7 Å². The molecule has 2 rings (SSSR count). The first-order valence-electron chi connectivity index (χ1n) is 4.65. The van der Waals surface area contributed by atoms with Crippen molar-refractivity contribution in [3.05, 3.63) is 45.4 Å². The van der Waals surface area contributed by atoms with E-state index in [9.17, 15) is 0 Å². The molecule has 0 fully saturated rings. The Kier molecular flexibility index (Phi) is 3.23. The van der Waals surface area contributed by atoms with Gasteiger partial charge in [0.15, 0.2) is 0 Å². The lowest BCUT2D eigenvalue weighted by Gasteiger charge is -2.06. The number of nitrogens with one attached hydrogen (secondary N) is 1. The average molecular weight is 239 g/mol. The average Bonchev–Trinajstić information content (AvgIpc) is 2.63. The molecule has 0 bridgehead atoms. The van der Waals surface area contributed by atoms with Gasteiger partial charge in [-0.1, -0.05) is 11.6 Å². The van der Waals surface area contributed by atoms with Crippen LogP contribution in [0.5, 0.6) is 0 Å². The van der Waals surface area contributed by atoms with E-state index in [1.165, 1.54) is 4.88 Å². The van der Waals surface area contributed by atoms with Crippen LogP contribution in [0.2, 0.25) is 4.34 Å². The summed E-state index contributed by atoms with van der Waals surface area (Å²) in [6, 6.07) is 7.90. The maximum Gasteiger partial charge on any atom is 0.0931 e. The van der Waals surface area contributed by atoms with Crippen LogP contribution in [0.1, 0.15) is 10.6 Å². The molecule has 0 saturated carbocycles. The lowest BCUT2D eigenvalue weighted by Crippen LogP contribution is -1.99. The molecule has 0 aliphatic heterocycles. The Labute approximate surface area is 97.9 Å². The summed E-state index contributed by atoms with van der Waals surface area (Å²) in [4.78, 5) is 5.44. The van der Waals surface area contributed by atoms with Crippen LogP contribution in [-0.4, -0.2) is 4.98 Å². The third kappa shape index (κ3) is 2.70. The van der Waals surface area contributed by atoms with E-state index < -0.39 is 0 Å². The number of aryl methyl sites for hydroxylation is 1. The topological polar surface area (TPSA) is 24.9 Å². The number of pyridine rings is 1. The lowest BCUT2D eigenvalue weighted by atomic mass is 10.3. The minimum Gasteiger partial charge on any atom is -0.379 e. The fourth-order valence-corrected chi connectivity index (χ4v) is 2.33. The molecular formula is C11H11ClN2S. The fourth-order valence-electron chi connectivity index (χ4n) is 1.30. The van der Waals surface area contributed by atoms with Crippen LogP contribution in [0.15, 0.2) is 30.5 Å². The summed E-state index contributed by atoms with van der Waals surface area (Å²) in [6.45, 7) is 2.79. The zero-order valence-corrected chi connectivity index (χ0v) is 9.90. The van der Waals surface area contributed by atoms with E-state index >= 15 is 0 Å². The zero-order valence-electron chi connectivity index (χ0n) is 8.33. The highest BCUT2D eigenvalue weighted by molar-refractivity contribution is 7.16. The quantitative estimate of drug-likeness (QED) is 0.882. The van der Waals surface area contributed by atoms with Crippen molar-refractivity contribution in [1.82, 2.24) is 4.98 Å². The third-order valence-corrected chi connectivity index (χ3v) is 3.32. The van der Waals surface area contributed by atoms with Crippen molar-refractivity contribution in [3.63, 3.8) is 0 Å². The summed E-state index contributed by atoms with van der Waals surface area (Å²) in [6.07, 6.45) is 1.79. The molecule has 2 aromatic heterocycles. The Bertz CT molecular complexity index is 453. The Balaban J connectivity index is 2.02. The highest BCUT2D eigenvalue weighted by Crippen LogP contribution is 2.22. The van der Waals surface area contributed by atoms with E-state index in [-0.39, 0.29) is 0 Å². The van der Waals surface area contributed by atoms with Gasteiger partial charge in [-0.25, -0.2) is 0 Å². The number of aromatic nitrogens is 1. The van der Waals surface area contributed by atoms with Crippen LogP contribution in [-0.2, 0) is 6.54 Å². The minimum atomic E-state index is 0.796. The van der Waals surface area contributed by atoms with Crippen LogP contribution in [0.3, 0.4) is 0 Å². The third-order valence-electron chi connectivity index (χ3n) is 2.09. The number of hydrogen-bond acceptors (Lipinski definition) is 3. The predicted molar refractivity (Wildman–Crippen MR) is 65.6 cm³/mol. The molecule has 4 heteroatoms. The number of thiophene rings is 1. The second-order valence-corrected chi connectivity index (χ2v) is 5.00. The summed E-state index contributed by atoms with van der Waals surface area (Å²) in [5.41, 5.74) is 2.09. The predicted octanol–water partition coefficient (Wildman–Crippen LogP) is 3.72. The van der Waals surface area contributed by atoms with Crippen LogP contribution in [0.25, 0.3) is 0 Å². The molecular weight excluding hydrogens is 228 g/mol.